The summed E-state index contributed by atoms with van der Waals surface area (Å²) in [4.78, 5) is 38.4. The molecule has 0 aromatic heterocycles. The Labute approximate surface area is 268 Å². The van der Waals surface area contributed by atoms with Gasteiger partial charge in [-0.2, -0.15) is 8.42 Å². The van der Waals surface area contributed by atoms with Crippen molar-refractivity contribution >= 4 is 34.1 Å². The number of carboxylic acid groups (broad SMARTS) is 1. The van der Waals surface area contributed by atoms with Gasteiger partial charge in [-0.05, 0) is 32.3 Å². The second kappa shape index (κ2) is 15.2. The number of carboxylic acids is 1. The van der Waals surface area contributed by atoms with Gasteiger partial charge in [0.15, 0.2) is 11.6 Å². The van der Waals surface area contributed by atoms with E-state index in [4.69, 9.17) is 14.2 Å². The van der Waals surface area contributed by atoms with Crippen molar-refractivity contribution in [3.05, 3.63) is 66.0 Å². The van der Waals surface area contributed by atoms with Crippen LogP contribution in [0.25, 0.3) is 0 Å². The highest BCUT2D eigenvalue weighted by molar-refractivity contribution is 7.91. The van der Waals surface area contributed by atoms with Crippen LogP contribution in [-0.2, 0) is 37.5 Å². The van der Waals surface area contributed by atoms with Crippen LogP contribution in [-0.4, -0.2) is 74.5 Å². The second-order valence-electron chi connectivity index (χ2n) is 11.9. The summed E-state index contributed by atoms with van der Waals surface area (Å²) in [6, 6.07) is 9.96. The van der Waals surface area contributed by atoms with E-state index in [-0.39, 0.29) is 53.5 Å². The van der Waals surface area contributed by atoms with Crippen molar-refractivity contribution < 1.29 is 51.2 Å². The lowest BCUT2D eigenvalue weighted by molar-refractivity contribution is -0.135. The Bertz CT molecular complexity index is 1530. The predicted molar refractivity (Wildman–Crippen MR) is 167 cm³/mol. The third-order valence-corrected chi connectivity index (χ3v) is 7.57. The lowest BCUT2D eigenvalue weighted by atomic mass is 10.1. The highest BCUT2D eigenvalue weighted by atomic mass is 32.2. The molecule has 2 N–H and O–H groups in total. The SMILES string of the molecule is C=CCOC(=O)NS(=O)(=O)N(CC(=O)O)c1c(OCc2ccccc2)cc2c(c1F)CC(CN(CC(C)C)C(=O)OC(C)(C)C)O2. The third kappa shape index (κ3) is 9.99. The number of hydrogen-bond acceptors (Lipinski definition) is 9. The van der Waals surface area contributed by atoms with Crippen LogP contribution >= 0.6 is 0 Å². The Hall–Kier alpha value is -4.53. The zero-order valence-electron chi connectivity index (χ0n) is 26.4. The van der Waals surface area contributed by atoms with Crippen molar-refractivity contribution in [2.24, 2.45) is 5.92 Å². The van der Waals surface area contributed by atoms with Crippen LogP contribution < -0.4 is 18.5 Å². The number of ether oxygens (including phenoxy) is 4. The molecule has 0 spiro atoms. The molecule has 1 aliphatic rings. The minimum absolute atomic E-state index is 0.0184. The minimum atomic E-state index is -5.06. The number of nitrogens with one attached hydrogen (secondary N) is 1. The molecule has 1 aliphatic heterocycles. The summed E-state index contributed by atoms with van der Waals surface area (Å²) < 4.78 is 67.1. The molecular formula is C31H40FN3O10S. The third-order valence-electron chi connectivity index (χ3n) is 6.25. The highest BCUT2D eigenvalue weighted by Gasteiger charge is 2.38. The van der Waals surface area contributed by atoms with Crippen LogP contribution in [0.2, 0.25) is 0 Å². The Kier molecular flexibility index (Phi) is 11.9. The normalized spacial score (nSPS) is 14.1. The first kappa shape index (κ1) is 35.9. The summed E-state index contributed by atoms with van der Waals surface area (Å²) in [5, 5.41) is 9.61. The maximum atomic E-state index is 16.5. The fraction of sp³-hybridized carbons (Fsp3) is 0.452. The first-order chi connectivity index (χ1) is 21.5. The summed E-state index contributed by atoms with van der Waals surface area (Å²) >= 11 is 0. The van der Waals surface area contributed by atoms with Gasteiger partial charge in [0.05, 0.1) is 6.54 Å². The van der Waals surface area contributed by atoms with Crippen molar-refractivity contribution in [3.8, 4) is 11.5 Å². The quantitative estimate of drug-likeness (QED) is 0.272. The van der Waals surface area contributed by atoms with E-state index in [0.717, 1.165) is 0 Å². The van der Waals surface area contributed by atoms with Gasteiger partial charge in [0.25, 0.3) is 0 Å². The summed E-state index contributed by atoms with van der Waals surface area (Å²) in [6.45, 7) is 11.0. The molecule has 2 amide bonds. The summed E-state index contributed by atoms with van der Waals surface area (Å²) in [7, 11) is -5.06. The average molecular weight is 666 g/mol. The number of rotatable bonds is 14. The Balaban J connectivity index is 2.05. The molecule has 0 fully saturated rings. The summed E-state index contributed by atoms with van der Waals surface area (Å²) in [5.41, 5.74) is -0.936. The van der Waals surface area contributed by atoms with Gasteiger partial charge < -0.3 is 29.0 Å². The summed E-state index contributed by atoms with van der Waals surface area (Å²) in [6.07, 6.45) is -1.68. The molecule has 2 aromatic rings. The van der Waals surface area contributed by atoms with Crippen molar-refractivity contribution in [1.29, 1.82) is 0 Å². The van der Waals surface area contributed by atoms with E-state index < -0.39 is 58.1 Å². The van der Waals surface area contributed by atoms with Crippen molar-refractivity contribution in [2.75, 3.05) is 30.5 Å². The number of carbonyl (C=O) groups excluding carboxylic acids is 2. The number of nitrogens with zero attached hydrogens (tertiary/aromatic N) is 2. The predicted octanol–water partition coefficient (Wildman–Crippen LogP) is 4.65. The second-order valence-corrected chi connectivity index (χ2v) is 13.5. The lowest BCUT2D eigenvalue weighted by Crippen LogP contribution is -2.46. The largest absolute Gasteiger partial charge is 0.488 e. The van der Waals surface area contributed by atoms with E-state index in [0.29, 0.717) is 12.1 Å². The monoisotopic (exact) mass is 665 g/mol. The number of hydrogen-bond donors (Lipinski definition) is 2. The van der Waals surface area contributed by atoms with Crippen LogP contribution in [0.4, 0.5) is 19.7 Å². The topological polar surface area (TPSA) is 161 Å². The average Bonchev–Trinajstić information content (AvgIpc) is 3.35. The molecule has 46 heavy (non-hydrogen) atoms. The number of anilines is 1. The van der Waals surface area contributed by atoms with Crippen molar-refractivity contribution in [1.82, 2.24) is 9.62 Å². The van der Waals surface area contributed by atoms with Crippen LogP contribution in [0.3, 0.4) is 0 Å². The van der Waals surface area contributed by atoms with E-state index >= 15 is 4.39 Å². The number of fused-ring (bicyclic) bond motifs is 1. The number of carbonyl (C=O) groups is 3. The summed E-state index contributed by atoms with van der Waals surface area (Å²) in [5.74, 6) is -3.05. The first-order valence-corrected chi connectivity index (χ1v) is 15.9. The van der Waals surface area contributed by atoms with E-state index in [2.05, 4.69) is 11.3 Å². The molecule has 13 nitrogen and oxygen atoms in total. The minimum Gasteiger partial charge on any atom is -0.488 e. The standard InChI is InChI=1S/C31H40FN3O10S/c1-7-13-42-29(38)33-46(40,41)35(18-26(36)37)28-25(43-19-21-11-9-8-10-12-21)15-24-23(27(28)32)14-22(44-24)17-34(16-20(2)3)30(39)45-31(4,5)6/h7-12,15,20,22H,1,13-14,16-19H2,2-6H3,(H,33,38)(H,36,37). The van der Waals surface area contributed by atoms with Gasteiger partial charge >= 0.3 is 28.4 Å². The van der Waals surface area contributed by atoms with E-state index in [1.54, 1.807) is 55.8 Å². The molecule has 1 heterocycles. The highest BCUT2D eigenvalue weighted by Crippen LogP contribution is 2.44. The van der Waals surface area contributed by atoms with Gasteiger partial charge in [0, 0.05) is 24.6 Å². The van der Waals surface area contributed by atoms with Crippen LogP contribution in [0, 0.1) is 11.7 Å². The zero-order valence-corrected chi connectivity index (χ0v) is 27.3. The molecular weight excluding hydrogens is 625 g/mol. The maximum Gasteiger partial charge on any atom is 0.422 e. The van der Waals surface area contributed by atoms with Crippen molar-refractivity contribution in [2.45, 2.75) is 59.4 Å². The fourth-order valence-corrected chi connectivity index (χ4v) is 5.60. The fourth-order valence-electron chi connectivity index (χ4n) is 4.53. The molecule has 1 atom stereocenters. The Morgan fingerprint density at radius 1 is 1.22 bits per heavy atom. The smallest absolute Gasteiger partial charge is 0.422 e. The molecule has 2 aromatic carbocycles. The van der Waals surface area contributed by atoms with E-state index in [1.807, 2.05) is 13.8 Å². The zero-order chi connectivity index (χ0) is 34.2. The molecule has 0 radical (unpaired) electrons. The van der Waals surface area contributed by atoms with Gasteiger partial charge in [-0.3, -0.25) is 4.79 Å². The molecule has 0 aliphatic carbocycles. The molecule has 0 bridgehead atoms. The number of amides is 2. The maximum absolute atomic E-state index is 16.5. The van der Waals surface area contributed by atoms with Gasteiger partial charge in [-0.15, -0.1) is 0 Å². The van der Waals surface area contributed by atoms with Crippen LogP contribution in [0.15, 0.2) is 49.1 Å². The number of aliphatic carboxylic acids is 1. The van der Waals surface area contributed by atoms with E-state index in [9.17, 15) is 27.9 Å². The van der Waals surface area contributed by atoms with Crippen LogP contribution in [0.1, 0.15) is 45.7 Å². The van der Waals surface area contributed by atoms with Gasteiger partial charge in [-0.1, -0.05) is 56.8 Å². The number of halogens is 1. The van der Waals surface area contributed by atoms with Crippen molar-refractivity contribution in [3.63, 3.8) is 0 Å². The molecule has 15 heteroatoms. The Morgan fingerprint density at radius 3 is 2.48 bits per heavy atom. The van der Waals surface area contributed by atoms with Gasteiger partial charge in [0.2, 0.25) is 0 Å². The molecule has 0 saturated heterocycles. The molecule has 1 unspecified atom stereocenters. The number of benzene rings is 2. The lowest BCUT2D eigenvalue weighted by Gasteiger charge is -2.30. The Morgan fingerprint density at radius 2 is 1.89 bits per heavy atom. The molecule has 3 rings (SSSR count). The van der Waals surface area contributed by atoms with Crippen LogP contribution in [0.5, 0.6) is 11.5 Å². The first-order valence-electron chi connectivity index (χ1n) is 14.5. The van der Waals surface area contributed by atoms with Gasteiger partial charge in [-0.25, -0.2) is 23.0 Å². The molecule has 252 valence electrons. The van der Waals surface area contributed by atoms with E-state index in [1.165, 1.54) is 17.0 Å². The molecule has 0 saturated carbocycles. The van der Waals surface area contributed by atoms with Gasteiger partial charge in [0.1, 0.15) is 42.9 Å².